The molecule has 0 amide bonds. The summed E-state index contributed by atoms with van der Waals surface area (Å²) in [4.78, 5) is 10.2. The summed E-state index contributed by atoms with van der Waals surface area (Å²) < 4.78 is 9.03. The number of fused-ring (bicyclic) bond motifs is 2. The normalized spacial score (nSPS) is 12.2. The summed E-state index contributed by atoms with van der Waals surface area (Å²) in [7, 11) is 0. The Bertz CT molecular complexity index is 2960. The van der Waals surface area contributed by atoms with Crippen LogP contribution in [0.3, 0.4) is 0 Å². The van der Waals surface area contributed by atoms with Crippen molar-refractivity contribution in [1.29, 1.82) is 0 Å². The zero-order valence-electron chi connectivity index (χ0n) is 25.7. The molecule has 0 bridgehead atoms. The van der Waals surface area contributed by atoms with Crippen molar-refractivity contribution in [3.8, 4) is 28.3 Å². The van der Waals surface area contributed by atoms with Gasteiger partial charge in [-0.25, -0.2) is 9.97 Å². The van der Waals surface area contributed by atoms with Gasteiger partial charge < -0.3 is 8.98 Å². The topological polar surface area (TPSA) is 43.9 Å². The smallest absolute Gasteiger partial charge is 0.160 e. The first-order valence-electron chi connectivity index (χ1n) is 16.2. The molecule has 0 fully saturated rings. The Balaban J connectivity index is 1.17. The summed E-state index contributed by atoms with van der Waals surface area (Å²) in [5.41, 5.74) is 9.18. The number of rotatable bonds is 3. The van der Waals surface area contributed by atoms with E-state index in [1.807, 2.05) is 18.2 Å². The Morgan fingerprint density at radius 2 is 1.10 bits per heavy atom. The third-order valence-corrected chi connectivity index (χ3v) is 9.91. The van der Waals surface area contributed by atoms with Gasteiger partial charge in [-0.1, -0.05) is 103 Å². The first-order chi connectivity index (χ1) is 23.8. The average molecular weight is 612 g/mol. The first kappa shape index (κ1) is 25.6. The van der Waals surface area contributed by atoms with E-state index in [9.17, 15) is 0 Å². The van der Waals surface area contributed by atoms with Gasteiger partial charge in [-0.05, 0) is 70.1 Å². The predicted octanol–water partition coefficient (Wildman–Crippen LogP) is 11.7. The molecule has 11 rings (SSSR count). The Hall–Kier alpha value is -6.52. The van der Waals surface area contributed by atoms with Gasteiger partial charge in [0.05, 0.1) is 22.2 Å². The highest BCUT2D eigenvalue weighted by atomic mass is 16.3. The number of aromatic nitrogens is 3. The molecule has 0 radical (unpaired) electrons. The fourth-order valence-electron chi connectivity index (χ4n) is 7.78. The van der Waals surface area contributed by atoms with Crippen LogP contribution in [0, 0.1) is 0 Å². The van der Waals surface area contributed by atoms with Crippen LogP contribution in [0.2, 0.25) is 0 Å². The quantitative estimate of drug-likeness (QED) is 0.200. The number of para-hydroxylation sites is 1. The van der Waals surface area contributed by atoms with Gasteiger partial charge in [0, 0.05) is 43.7 Å². The van der Waals surface area contributed by atoms with Crippen molar-refractivity contribution in [2.24, 2.45) is 0 Å². The van der Waals surface area contributed by atoms with Gasteiger partial charge in [0.25, 0.3) is 0 Å². The van der Waals surface area contributed by atoms with Crippen molar-refractivity contribution in [2.45, 2.75) is 0 Å². The summed E-state index contributed by atoms with van der Waals surface area (Å²) in [6.45, 7) is 0. The third-order valence-electron chi connectivity index (χ3n) is 9.91. The van der Waals surface area contributed by atoms with Crippen LogP contribution in [0.25, 0.3) is 105 Å². The minimum atomic E-state index is 0.719. The van der Waals surface area contributed by atoms with E-state index in [4.69, 9.17) is 14.4 Å². The lowest BCUT2D eigenvalue weighted by molar-refractivity contribution is 0.664. The van der Waals surface area contributed by atoms with E-state index in [1.54, 1.807) is 0 Å². The lowest BCUT2D eigenvalue weighted by atomic mass is 10.00. The minimum absolute atomic E-state index is 0.719. The van der Waals surface area contributed by atoms with E-state index in [-0.39, 0.29) is 0 Å². The Kier molecular flexibility index (Phi) is 5.08. The molecule has 0 N–H and O–H groups in total. The molecule has 8 aromatic carbocycles. The Morgan fingerprint density at radius 3 is 1.85 bits per heavy atom. The molecule has 0 saturated heterocycles. The standard InChI is InChI=1S/C44H25N3O/c1-2-8-29(9-3-1)43-33-12-4-5-13-34(33)45-44(46-43)30-17-16-26-18-21-32(25-31(26)24-30)47-35-22-19-27-10-6-14-37-39(27)41(35)42-36(47)23-20-28-11-7-15-38(48-37)40(28)42/h1-25H. The number of hydrogen-bond donors (Lipinski definition) is 0. The lowest BCUT2D eigenvalue weighted by Crippen LogP contribution is -1.96. The minimum Gasteiger partial charge on any atom is -0.456 e. The van der Waals surface area contributed by atoms with Crippen molar-refractivity contribution in [2.75, 3.05) is 0 Å². The van der Waals surface area contributed by atoms with Crippen LogP contribution in [0.4, 0.5) is 0 Å². The van der Waals surface area contributed by atoms with E-state index >= 15 is 0 Å². The van der Waals surface area contributed by atoms with Gasteiger partial charge in [-0.2, -0.15) is 0 Å². The van der Waals surface area contributed by atoms with Crippen molar-refractivity contribution in [3.05, 3.63) is 152 Å². The maximum atomic E-state index is 6.62. The molecule has 222 valence electrons. The molecular weight excluding hydrogens is 587 g/mol. The fraction of sp³-hybridized carbons (Fsp3) is 0. The molecule has 3 heterocycles. The number of benzene rings is 8. The van der Waals surface area contributed by atoms with Crippen LogP contribution in [0.1, 0.15) is 0 Å². The van der Waals surface area contributed by atoms with Crippen LogP contribution >= 0.6 is 0 Å². The van der Waals surface area contributed by atoms with E-state index in [0.29, 0.717) is 0 Å². The van der Waals surface area contributed by atoms with Crippen molar-refractivity contribution in [1.82, 2.24) is 14.5 Å². The fourth-order valence-corrected chi connectivity index (χ4v) is 7.78. The highest BCUT2D eigenvalue weighted by Crippen LogP contribution is 2.45. The maximum absolute atomic E-state index is 6.62. The summed E-state index contributed by atoms with van der Waals surface area (Å²) in [5.74, 6) is 0.719. The number of nitrogens with zero attached hydrogens (tertiary/aromatic N) is 3. The van der Waals surface area contributed by atoms with Crippen molar-refractivity contribution >= 4 is 76.2 Å². The summed E-state index contributed by atoms with van der Waals surface area (Å²) in [6, 6.07) is 53.6. The highest BCUT2D eigenvalue weighted by Gasteiger charge is 2.21. The van der Waals surface area contributed by atoms with E-state index < -0.39 is 0 Å². The van der Waals surface area contributed by atoms with E-state index in [0.717, 1.165) is 66.6 Å². The molecule has 4 heteroatoms. The molecule has 0 aliphatic rings. The Morgan fingerprint density at radius 1 is 0.438 bits per heavy atom. The van der Waals surface area contributed by atoms with Gasteiger partial charge in [0.2, 0.25) is 0 Å². The van der Waals surface area contributed by atoms with Gasteiger partial charge in [-0.15, -0.1) is 0 Å². The SMILES string of the molecule is c1ccc(-c2nc(-c3ccc4ccc(-n5c6ccc7cccc8oc9cccc%10ccc5c(c%109)c6c78)cc4c3)nc3ccccc23)cc1. The summed E-state index contributed by atoms with van der Waals surface area (Å²) in [6.07, 6.45) is 0. The molecule has 0 atom stereocenters. The summed E-state index contributed by atoms with van der Waals surface area (Å²) >= 11 is 0. The second kappa shape index (κ2) is 9.50. The third kappa shape index (κ3) is 3.54. The molecule has 0 aliphatic carbocycles. The van der Waals surface area contributed by atoms with Crippen molar-refractivity contribution < 1.29 is 4.42 Å². The molecular formula is C44H25N3O. The Labute approximate surface area is 274 Å². The monoisotopic (exact) mass is 611 g/mol. The second-order valence-electron chi connectivity index (χ2n) is 12.6. The number of hydrogen-bond acceptors (Lipinski definition) is 3. The average Bonchev–Trinajstić information content (AvgIpc) is 3.40. The highest BCUT2D eigenvalue weighted by molar-refractivity contribution is 6.33. The maximum Gasteiger partial charge on any atom is 0.160 e. The zero-order valence-corrected chi connectivity index (χ0v) is 25.7. The van der Waals surface area contributed by atoms with Crippen LogP contribution in [-0.4, -0.2) is 14.5 Å². The van der Waals surface area contributed by atoms with Gasteiger partial charge >= 0.3 is 0 Å². The zero-order chi connectivity index (χ0) is 31.3. The van der Waals surface area contributed by atoms with Crippen LogP contribution in [0.15, 0.2) is 156 Å². The predicted molar refractivity (Wildman–Crippen MR) is 198 cm³/mol. The molecule has 0 aliphatic heterocycles. The van der Waals surface area contributed by atoms with E-state index in [2.05, 4.69) is 138 Å². The largest absolute Gasteiger partial charge is 0.456 e. The van der Waals surface area contributed by atoms with E-state index in [1.165, 1.54) is 38.0 Å². The van der Waals surface area contributed by atoms with Gasteiger partial charge in [-0.3, -0.25) is 0 Å². The first-order valence-corrected chi connectivity index (χ1v) is 16.2. The van der Waals surface area contributed by atoms with Crippen molar-refractivity contribution in [3.63, 3.8) is 0 Å². The van der Waals surface area contributed by atoms with Crippen LogP contribution in [-0.2, 0) is 0 Å². The molecule has 0 spiro atoms. The molecule has 4 nitrogen and oxygen atoms in total. The molecule has 0 unspecified atom stereocenters. The molecule has 0 saturated carbocycles. The molecule has 11 aromatic rings. The van der Waals surface area contributed by atoms with Gasteiger partial charge in [0.1, 0.15) is 11.2 Å². The molecule has 3 aromatic heterocycles. The lowest BCUT2D eigenvalue weighted by Gasteiger charge is -2.12. The van der Waals surface area contributed by atoms with Gasteiger partial charge in [0.15, 0.2) is 5.82 Å². The van der Waals surface area contributed by atoms with Crippen LogP contribution in [0.5, 0.6) is 0 Å². The second-order valence-corrected chi connectivity index (χ2v) is 12.6. The van der Waals surface area contributed by atoms with Crippen LogP contribution < -0.4 is 0 Å². The summed E-state index contributed by atoms with van der Waals surface area (Å²) in [5, 5.41) is 10.5. The molecule has 48 heavy (non-hydrogen) atoms.